The zero-order valence-corrected chi connectivity index (χ0v) is 6.33. The zero-order chi connectivity index (χ0) is 7.68. The van der Waals surface area contributed by atoms with Gasteiger partial charge < -0.3 is 0 Å². The Morgan fingerprint density at radius 1 is 1.36 bits per heavy atom. The summed E-state index contributed by atoms with van der Waals surface area (Å²) in [5.41, 5.74) is 2.29. The molecule has 0 spiro atoms. The zero-order valence-electron chi connectivity index (χ0n) is 6.33. The number of nitrogens with zero attached hydrogens (tertiary/aromatic N) is 1. The molecular weight excluding hydrogens is 136 g/mol. The second-order valence-corrected chi connectivity index (χ2v) is 2.58. The summed E-state index contributed by atoms with van der Waals surface area (Å²) in [5, 5.41) is 1.16. The number of H-pyrrole nitrogens is 1. The molecule has 0 atom stereocenters. The smallest absolute Gasteiger partial charge is 0.250 e. The minimum absolute atomic E-state index is 1.08. The lowest BCUT2D eigenvalue weighted by Gasteiger charge is -1.91. The van der Waals surface area contributed by atoms with Crippen LogP contribution in [-0.2, 0) is 0 Å². The summed E-state index contributed by atoms with van der Waals surface area (Å²) in [5.74, 6) is 0. The highest BCUT2D eigenvalue weighted by molar-refractivity contribution is 5.79. The Balaban J connectivity index is 2.91. The van der Waals surface area contributed by atoms with E-state index in [9.17, 15) is 0 Å². The second-order valence-electron chi connectivity index (χ2n) is 2.58. The number of rotatable bonds is 0. The number of hydrogen-bond acceptors (Lipinski definition) is 1. The normalized spacial score (nSPS) is 10.3. The molecule has 0 bridgehead atoms. The molecule has 0 aliphatic rings. The summed E-state index contributed by atoms with van der Waals surface area (Å²) >= 11 is 0. The highest BCUT2D eigenvalue weighted by Gasteiger charge is 2.00. The Hall–Kier alpha value is -1.44. The van der Waals surface area contributed by atoms with Crippen molar-refractivity contribution in [3.8, 4) is 0 Å². The van der Waals surface area contributed by atoms with Crippen LogP contribution in [0.4, 0.5) is 0 Å². The van der Waals surface area contributed by atoms with E-state index in [1.807, 2.05) is 18.3 Å². The molecule has 0 aliphatic heterocycles. The average Bonchev–Trinajstić information content (AvgIpc) is 2.06. The van der Waals surface area contributed by atoms with Crippen LogP contribution in [0.25, 0.3) is 10.9 Å². The van der Waals surface area contributed by atoms with E-state index in [4.69, 9.17) is 0 Å². The summed E-state index contributed by atoms with van der Waals surface area (Å²) in [4.78, 5) is 7.18. The molecular formula is C9H9N2+. The van der Waals surface area contributed by atoms with Gasteiger partial charge in [0.25, 0.3) is 6.33 Å². The summed E-state index contributed by atoms with van der Waals surface area (Å²) in [6, 6.07) is 6.15. The van der Waals surface area contributed by atoms with E-state index in [-0.39, 0.29) is 0 Å². The number of para-hydroxylation sites is 1. The number of benzene rings is 1. The first-order chi connectivity index (χ1) is 5.38. The maximum atomic E-state index is 4.23. The van der Waals surface area contributed by atoms with Gasteiger partial charge >= 0.3 is 0 Å². The fourth-order valence-electron chi connectivity index (χ4n) is 1.20. The van der Waals surface area contributed by atoms with Gasteiger partial charge in [0.1, 0.15) is 0 Å². The van der Waals surface area contributed by atoms with Gasteiger partial charge in [0.2, 0.25) is 0 Å². The predicted octanol–water partition coefficient (Wildman–Crippen LogP) is 1.36. The number of nitrogens with one attached hydrogen (secondary N) is 1. The van der Waals surface area contributed by atoms with Crippen molar-refractivity contribution in [1.29, 1.82) is 0 Å². The summed E-state index contributed by atoms with van der Waals surface area (Å²) in [6.45, 7) is 2.06. The first kappa shape index (κ1) is 6.28. The van der Waals surface area contributed by atoms with E-state index < -0.39 is 0 Å². The lowest BCUT2D eigenvalue weighted by Crippen LogP contribution is -2.00. The van der Waals surface area contributed by atoms with E-state index in [2.05, 4.69) is 23.0 Å². The van der Waals surface area contributed by atoms with E-state index in [0.29, 0.717) is 0 Å². The van der Waals surface area contributed by atoms with Gasteiger partial charge in [-0.3, -0.25) is 0 Å². The van der Waals surface area contributed by atoms with Crippen LogP contribution in [0.5, 0.6) is 0 Å². The van der Waals surface area contributed by atoms with E-state index in [0.717, 1.165) is 10.9 Å². The van der Waals surface area contributed by atoms with Crippen molar-refractivity contribution in [2.45, 2.75) is 6.92 Å². The molecule has 0 saturated heterocycles. The molecule has 2 nitrogen and oxygen atoms in total. The molecule has 1 N–H and O–H groups in total. The number of fused-ring (bicyclic) bond motifs is 1. The van der Waals surface area contributed by atoms with Gasteiger partial charge in [0, 0.05) is 5.56 Å². The summed E-state index contributed by atoms with van der Waals surface area (Å²) < 4.78 is 0. The Kier molecular flexibility index (Phi) is 1.32. The van der Waals surface area contributed by atoms with Crippen LogP contribution in [0.1, 0.15) is 5.56 Å². The summed E-state index contributed by atoms with van der Waals surface area (Å²) in [6.07, 6.45) is 3.66. The first-order valence-corrected chi connectivity index (χ1v) is 3.59. The standard InChI is InChI=1S/C9H8N2/c1-7-3-2-4-8-5-10-6-11-9(7)8/h2-6H,1H3/p+1. The Labute approximate surface area is 64.9 Å². The van der Waals surface area contributed by atoms with Crippen LogP contribution in [0.2, 0.25) is 0 Å². The van der Waals surface area contributed by atoms with Crippen molar-refractivity contribution in [1.82, 2.24) is 4.98 Å². The van der Waals surface area contributed by atoms with Gasteiger partial charge in [-0.15, -0.1) is 0 Å². The van der Waals surface area contributed by atoms with Crippen LogP contribution < -0.4 is 4.98 Å². The Morgan fingerprint density at radius 3 is 3.09 bits per heavy atom. The fourth-order valence-corrected chi connectivity index (χ4v) is 1.20. The van der Waals surface area contributed by atoms with Crippen LogP contribution in [0.15, 0.2) is 30.7 Å². The van der Waals surface area contributed by atoms with E-state index in [1.165, 1.54) is 5.56 Å². The minimum Gasteiger partial charge on any atom is -0.250 e. The van der Waals surface area contributed by atoms with Gasteiger partial charge in [-0.05, 0) is 18.0 Å². The van der Waals surface area contributed by atoms with E-state index in [1.54, 1.807) is 6.33 Å². The third-order valence-electron chi connectivity index (χ3n) is 1.78. The molecule has 54 valence electrons. The molecule has 0 aliphatic carbocycles. The maximum Gasteiger partial charge on any atom is 0.284 e. The van der Waals surface area contributed by atoms with Crippen molar-refractivity contribution < 1.29 is 4.98 Å². The third-order valence-corrected chi connectivity index (χ3v) is 1.78. The highest BCUT2D eigenvalue weighted by Crippen LogP contribution is 2.11. The van der Waals surface area contributed by atoms with E-state index >= 15 is 0 Å². The minimum atomic E-state index is 1.08. The molecule has 0 fully saturated rings. The van der Waals surface area contributed by atoms with Crippen molar-refractivity contribution >= 4 is 10.9 Å². The van der Waals surface area contributed by atoms with Crippen molar-refractivity contribution in [3.05, 3.63) is 36.3 Å². The van der Waals surface area contributed by atoms with Crippen LogP contribution in [0, 0.1) is 6.92 Å². The van der Waals surface area contributed by atoms with Crippen molar-refractivity contribution in [2.75, 3.05) is 0 Å². The number of aromatic nitrogens is 2. The quantitative estimate of drug-likeness (QED) is 0.549. The fraction of sp³-hybridized carbons (Fsp3) is 0.111. The molecule has 1 heterocycles. The molecule has 1 aromatic heterocycles. The van der Waals surface area contributed by atoms with Gasteiger partial charge in [-0.25, -0.2) is 4.98 Å². The van der Waals surface area contributed by atoms with Crippen molar-refractivity contribution in [3.63, 3.8) is 0 Å². The van der Waals surface area contributed by atoms with Crippen LogP contribution >= 0.6 is 0 Å². The first-order valence-electron chi connectivity index (χ1n) is 3.59. The molecule has 0 unspecified atom stereocenters. The second kappa shape index (κ2) is 2.31. The Morgan fingerprint density at radius 2 is 2.27 bits per heavy atom. The lowest BCUT2D eigenvalue weighted by atomic mass is 10.2. The molecule has 2 aromatic rings. The topological polar surface area (TPSA) is 27.0 Å². The lowest BCUT2D eigenvalue weighted by molar-refractivity contribution is -0.380. The molecule has 0 saturated carbocycles. The van der Waals surface area contributed by atoms with Gasteiger partial charge in [-0.2, -0.15) is 0 Å². The SMILES string of the molecule is Cc1cccc2c[nH+]cnc12. The third kappa shape index (κ3) is 0.963. The molecule has 11 heavy (non-hydrogen) atoms. The Bertz CT molecular complexity index is 377. The predicted molar refractivity (Wildman–Crippen MR) is 43.0 cm³/mol. The molecule has 0 radical (unpaired) electrons. The van der Waals surface area contributed by atoms with Crippen LogP contribution in [0.3, 0.4) is 0 Å². The number of hydrogen-bond donors (Lipinski definition) is 0. The maximum absolute atomic E-state index is 4.23. The molecule has 1 aromatic carbocycles. The monoisotopic (exact) mass is 145 g/mol. The van der Waals surface area contributed by atoms with Gasteiger partial charge in [0.05, 0.1) is 11.6 Å². The highest BCUT2D eigenvalue weighted by atomic mass is 14.8. The van der Waals surface area contributed by atoms with Crippen LogP contribution in [-0.4, -0.2) is 4.98 Å². The summed E-state index contributed by atoms with van der Waals surface area (Å²) in [7, 11) is 0. The molecule has 2 heteroatoms. The molecule has 2 rings (SSSR count). The number of aromatic amines is 1. The van der Waals surface area contributed by atoms with Crippen molar-refractivity contribution in [2.24, 2.45) is 0 Å². The number of aryl methyl sites for hydroxylation is 1. The molecule has 0 amide bonds. The largest absolute Gasteiger partial charge is 0.284 e. The average molecular weight is 145 g/mol. The van der Waals surface area contributed by atoms with Gasteiger partial charge in [-0.1, -0.05) is 12.1 Å². The van der Waals surface area contributed by atoms with Gasteiger partial charge in [0.15, 0.2) is 5.52 Å².